The zero-order valence-electron chi connectivity index (χ0n) is 5.96. The van der Waals surface area contributed by atoms with Gasteiger partial charge in [-0.3, -0.25) is 0 Å². The van der Waals surface area contributed by atoms with Crippen molar-refractivity contribution in [3.8, 4) is 0 Å². The van der Waals surface area contributed by atoms with Crippen LogP contribution in [-0.4, -0.2) is 23.2 Å². The fraction of sp³-hybridized carbons (Fsp3) is 1.00. The molecule has 4 heteroatoms. The molecule has 0 aromatic carbocycles. The van der Waals surface area contributed by atoms with Crippen LogP contribution in [0, 0.1) is 0 Å². The molecule has 0 spiro atoms. The lowest BCUT2D eigenvalue weighted by Gasteiger charge is -2.52. The first-order valence-electron chi connectivity index (χ1n) is 3.91. The van der Waals surface area contributed by atoms with E-state index in [2.05, 4.69) is 15.9 Å². The first kappa shape index (κ1) is 6.83. The van der Waals surface area contributed by atoms with Gasteiger partial charge in [0.15, 0.2) is 12.6 Å². The molecule has 0 N–H and O–H groups in total. The number of ether oxygens (including phenoxy) is 3. The van der Waals surface area contributed by atoms with Gasteiger partial charge >= 0.3 is 0 Å². The second-order valence-corrected chi connectivity index (χ2v) is 4.84. The van der Waals surface area contributed by atoms with Gasteiger partial charge < -0.3 is 14.2 Å². The molecule has 0 radical (unpaired) electrons. The van der Waals surface area contributed by atoms with Crippen molar-refractivity contribution in [2.45, 2.75) is 42.5 Å². The highest BCUT2D eigenvalue weighted by molar-refractivity contribution is 9.10. The van der Waals surface area contributed by atoms with E-state index in [0.29, 0.717) is 6.10 Å². The molecule has 0 amide bonds. The summed E-state index contributed by atoms with van der Waals surface area (Å²) in [4.78, 5) is 0. The van der Waals surface area contributed by atoms with Crippen molar-refractivity contribution < 1.29 is 14.2 Å². The number of rotatable bonds is 0. The van der Waals surface area contributed by atoms with Crippen LogP contribution in [0.25, 0.3) is 0 Å². The molecule has 4 bridgehead atoms. The van der Waals surface area contributed by atoms with Crippen molar-refractivity contribution in [2.24, 2.45) is 0 Å². The average Bonchev–Trinajstić information content (AvgIpc) is 1.79. The van der Waals surface area contributed by atoms with Gasteiger partial charge in [0.1, 0.15) is 4.51 Å². The van der Waals surface area contributed by atoms with Crippen molar-refractivity contribution in [3.63, 3.8) is 0 Å². The number of hydrogen-bond acceptors (Lipinski definition) is 3. The van der Waals surface area contributed by atoms with Gasteiger partial charge in [0, 0.05) is 19.3 Å². The largest absolute Gasteiger partial charge is 0.349 e. The minimum atomic E-state index is -0.137. The molecule has 62 valence electrons. The van der Waals surface area contributed by atoms with Crippen LogP contribution in [0.4, 0.5) is 0 Å². The second kappa shape index (κ2) is 1.99. The summed E-state index contributed by atoms with van der Waals surface area (Å²) in [5.41, 5.74) is 0. The molecule has 4 fully saturated rings. The Morgan fingerprint density at radius 3 is 2.73 bits per heavy atom. The molecule has 0 aromatic heterocycles. The van der Waals surface area contributed by atoms with E-state index in [0.717, 1.165) is 19.3 Å². The Kier molecular flexibility index (Phi) is 1.24. The summed E-state index contributed by atoms with van der Waals surface area (Å²) in [6.45, 7) is 0. The second-order valence-electron chi connectivity index (χ2n) is 3.40. The van der Waals surface area contributed by atoms with Crippen LogP contribution in [0.2, 0.25) is 0 Å². The number of alkyl halides is 1. The SMILES string of the molecule is BrC12CC3CC(OC(C1)O3)O2. The first-order valence-corrected chi connectivity index (χ1v) is 4.70. The van der Waals surface area contributed by atoms with Crippen molar-refractivity contribution >= 4 is 15.9 Å². The van der Waals surface area contributed by atoms with E-state index in [1.165, 1.54) is 0 Å². The topological polar surface area (TPSA) is 27.7 Å². The molecule has 4 atom stereocenters. The Morgan fingerprint density at radius 2 is 2.09 bits per heavy atom. The van der Waals surface area contributed by atoms with Crippen molar-refractivity contribution in [3.05, 3.63) is 0 Å². The summed E-state index contributed by atoms with van der Waals surface area (Å²) in [5, 5.41) is 0. The highest BCUT2D eigenvalue weighted by atomic mass is 79.9. The molecule has 0 aliphatic carbocycles. The van der Waals surface area contributed by atoms with Crippen LogP contribution in [0.15, 0.2) is 0 Å². The summed E-state index contributed by atoms with van der Waals surface area (Å²) in [6, 6.07) is 0. The molecule has 4 rings (SSSR count). The number of hydrogen-bond donors (Lipinski definition) is 0. The van der Waals surface area contributed by atoms with Crippen molar-refractivity contribution in [2.75, 3.05) is 0 Å². The Labute approximate surface area is 73.1 Å². The molecule has 4 aliphatic rings. The molecule has 4 saturated heterocycles. The van der Waals surface area contributed by atoms with Crippen LogP contribution in [-0.2, 0) is 14.2 Å². The number of halogens is 1. The monoisotopic (exact) mass is 220 g/mol. The first-order chi connectivity index (χ1) is 5.23. The molecule has 4 aliphatic heterocycles. The Hall–Kier alpha value is 0.360. The van der Waals surface area contributed by atoms with Gasteiger partial charge in [-0.1, -0.05) is 15.9 Å². The third kappa shape index (κ3) is 0.967. The van der Waals surface area contributed by atoms with Crippen LogP contribution in [0.1, 0.15) is 19.3 Å². The summed E-state index contributed by atoms with van der Waals surface area (Å²) in [6.07, 6.45) is 2.97. The van der Waals surface area contributed by atoms with Gasteiger partial charge in [0.25, 0.3) is 0 Å². The van der Waals surface area contributed by atoms with Crippen molar-refractivity contribution in [1.82, 2.24) is 0 Å². The lowest BCUT2D eigenvalue weighted by Crippen LogP contribution is -2.58. The zero-order valence-corrected chi connectivity index (χ0v) is 7.54. The fourth-order valence-corrected chi connectivity index (χ4v) is 2.88. The molecular weight excluding hydrogens is 212 g/mol. The summed E-state index contributed by atoms with van der Waals surface area (Å²) in [5.74, 6) is 0. The summed E-state index contributed by atoms with van der Waals surface area (Å²) < 4.78 is 16.5. The molecular formula is C7H9BrO3. The maximum Gasteiger partial charge on any atom is 0.165 e. The third-order valence-electron chi connectivity index (χ3n) is 2.45. The van der Waals surface area contributed by atoms with Gasteiger partial charge in [-0.2, -0.15) is 0 Å². The van der Waals surface area contributed by atoms with E-state index in [-0.39, 0.29) is 17.1 Å². The lowest BCUT2D eigenvalue weighted by atomic mass is 9.97. The highest BCUT2D eigenvalue weighted by Gasteiger charge is 2.52. The predicted molar refractivity (Wildman–Crippen MR) is 40.1 cm³/mol. The van der Waals surface area contributed by atoms with Gasteiger partial charge in [-0.15, -0.1) is 0 Å². The zero-order chi connectivity index (χ0) is 7.47. The van der Waals surface area contributed by atoms with Crippen molar-refractivity contribution in [1.29, 1.82) is 0 Å². The Balaban J connectivity index is 1.94. The summed E-state index contributed by atoms with van der Waals surface area (Å²) in [7, 11) is 0. The summed E-state index contributed by atoms with van der Waals surface area (Å²) >= 11 is 3.58. The lowest BCUT2D eigenvalue weighted by molar-refractivity contribution is -0.396. The fourth-order valence-electron chi connectivity index (χ4n) is 2.05. The molecule has 0 saturated carbocycles. The maximum atomic E-state index is 5.62. The molecule has 4 unspecified atom stereocenters. The maximum absolute atomic E-state index is 5.62. The minimum absolute atomic E-state index is 0.0272. The van der Waals surface area contributed by atoms with Gasteiger partial charge in [-0.25, -0.2) is 0 Å². The smallest absolute Gasteiger partial charge is 0.165 e. The minimum Gasteiger partial charge on any atom is -0.349 e. The Bertz CT molecular complexity index is 159. The highest BCUT2D eigenvalue weighted by Crippen LogP contribution is 2.48. The molecule has 0 aromatic rings. The normalized spacial score (nSPS) is 60.3. The van der Waals surface area contributed by atoms with Gasteiger partial charge in [-0.05, 0) is 0 Å². The van der Waals surface area contributed by atoms with E-state index in [1.54, 1.807) is 0 Å². The van der Waals surface area contributed by atoms with Gasteiger partial charge in [0.2, 0.25) is 0 Å². The van der Waals surface area contributed by atoms with E-state index < -0.39 is 0 Å². The van der Waals surface area contributed by atoms with Gasteiger partial charge in [0.05, 0.1) is 6.10 Å². The predicted octanol–water partition coefficient (Wildman–Crippen LogP) is 1.36. The standard InChI is InChI=1S/C7H9BrO3/c8-7-2-4-1-5(11-7)10-6(3-7)9-4/h4-6H,1-3H2. The third-order valence-corrected chi connectivity index (χ3v) is 3.28. The molecule has 11 heavy (non-hydrogen) atoms. The van der Waals surface area contributed by atoms with Crippen LogP contribution in [0.3, 0.4) is 0 Å². The quantitative estimate of drug-likeness (QED) is 0.578. The molecule has 3 nitrogen and oxygen atoms in total. The van der Waals surface area contributed by atoms with E-state index in [9.17, 15) is 0 Å². The average molecular weight is 221 g/mol. The van der Waals surface area contributed by atoms with Crippen LogP contribution in [0.5, 0.6) is 0 Å². The molecule has 4 heterocycles. The van der Waals surface area contributed by atoms with Crippen LogP contribution < -0.4 is 0 Å². The van der Waals surface area contributed by atoms with Crippen LogP contribution >= 0.6 is 15.9 Å². The van der Waals surface area contributed by atoms with E-state index >= 15 is 0 Å². The van der Waals surface area contributed by atoms with E-state index in [1.807, 2.05) is 0 Å². The van der Waals surface area contributed by atoms with E-state index in [4.69, 9.17) is 14.2 Å². The Morgan fingerprint density at radius 1 is 1.18 bits per heavy atom.